The van der Waals surface area contributed by atoms with Crippen LogP contribution < -0.4 is 9.46 Å². The molecule has 4 atom stereocenters. The summed E-state index contributed by atoms with van der Waals surface area (Å²) in [5, 5.41) is 7.89. The fourth-order valence-electron chi connectivity index (χ4n) is 4.54. The lowest BCUT2D eigenvalue weighted by atomic mass is 9.85. The van der Waals surface area contributed by atoms with E-state index in [0.29, 0.717) is 28.3 Å². The lowest BCUT2D eigenvalue weighted by molar-refractivity contribution is 0.0950. The number of aromatic nitrogens is 6. The molecular weight excluding hydrogens is 506 g/mol. The van der Waals surface area contributed by atoms with Crippen LogP contribution in [0.4, 0.5) is 5.95 Å². The molecule has 13 heteroatoms. The average molecular weight is 536 g/mol. The summed E-state index contributed by atoms with van der Waals surface area (Å²) in [7, 11) is -1.05. The number of hydrogen-bond acceptors (Lipinski definition) is 9. The summed E-state index contributed by atoms with van der Waals surface area (Å²) in [4.78, 5) is 12.8. The minimum absolute atomic E-state index is 0.00239. The Morgan fingerprint density at radius 2 is 1.86 bits per heavy atom. The summed E-state index contributed by atoms with van der Waals surface area (Å²) in [6.45, 7) is 3.69. The number of sulfonamides is 1. The van der Waals surface area contributed by atoms with E-state index in [1.165, 1.54) is 33.5 Å². The summed E-state index contributed by atoms with van der Waals surface area (Å²) < 4.78 is 42.3. The number of pyridine rings is 1. The van der Waals surface area contributed by atoms with E-state index in [0.717, 1.165) is 25.7 Å². The fraction of sp³-hybridized carbons (Fsp3) is 0.522. The molecule has 0 spiro atoms. The van der Waals surface area contributed by atoms with Gasteiger partial charge in [-0.2, -0.15) is 0 Å². The number of nitrogens with one attached hydrogen (secondary N) is 1. The number of ether oxygens (including phenoxy) is 2. The van der Waals surface area contributed by atoms with Gasteiger partial charge >= 0.3 is 0 Å². The molecule has 0 aromatic carbocycles. The third-order valence-electron chi connectivity index (χ3n) is 6.55. The smallest absolute Gasteiger partial charge is 0.240 e. The van der Waals surface area contributed by atoms with Crippen LogP contribution in [0.25, 0.3) is 11.5 Å². The van der Waals surface area contributed by atoms with Crippen LogP contribution in [0.2, 0.25) is 5.02 Å². The zero-order valence-corrected chi connectivity index (χ0v) is 22.2. The second-order valence-electron chi connectivity index (χ2n) is 8.88. The van der Waals surface area contributed by atoms with Crippen molar-refractivity contribution >= 4 is 27.6 Å². The van der Waals surface area contributed by atoms with Crippen LogP contribution >= 0.6 is 11.6 Å². The lowest BCUT2D eigenvalue weighted by Gasteiger charge is -2.32. The monoisotopic (exact) mass is 535 g/mol. The highest BCUT2D eigenvalue weighted by molar-refractivity contribution is 7.93. The molecule has 0 aliphatic heterocycles. The summed E-state index contributed by atoms with van der Waals surface area (Å²) in [6.07, 6.45) is 5.93. The van der Waals surface area contributed by atoms with Gasteiger partial charge in [-0.15, -0.1) is 10.2 Å². The van der Waals surface area contributed by atoms with E-state index in [4.69, 9.17) is 21.1 Å². The molecule has 194 valence electrons. The van der Waals surface area contributed by atoms with Crippen molar-refractivity contribution in [1.29, 1.82) is 0 Å². The Hall–Kier alpha value is -2.83. The number of hydrogen-bond donors (Lipinski definition) is 1. The molecule has 1 N–H and O–H groups in total. The predicted octanol–water partition coefficient (Wildman–Crippen LogP) is 4.06. The van der Waals surface area contributed by atoms with Gasteiger partial charge in [0.2, 0.25) is 21.9 Å². The van der Waals surface area contributed by atoms with E-state index < -0.39 is 21.4 Å². The molecular formula is C23H30ClN7O4S. The molecule has 3 aromatic heterocycles. The van der Waals surface area contributed by atoms with E-state index in [1.54, 1.807) is 12.1 Å². The zero-order valence-electron chi connectivity index (χ0n) is 20.6. The number of rotatable bonds is 9. The predicted molar refractivity (Wildman–Crippen MR) is 135 cm³/mol. The standard InChI is InChI=1S/C23H30ClN7O4S/c1-14-8-5-6-10-18(14)31-22(17-9-7-11-19(27-17)34-3)28-29-23(31)30-36(32,33)15(2)20(35-4)21-25-12-16(24)13-26-21/h7,9,11-15,18,20H,5-6,8,10H2,1-4H3,(H,29,30)/t14-,15-,18-,20-/m0/s1. The van der Waals surface area contributed by atoms with E-state index in [2.05, 4.69) is 36.8 Å². The SMILES string of the molecule is COc1cccc(-c2nnc(NS(=O)(=O)[C@@H](C)[C@H](OC)c3ncc(Cl)cn3)n2[C@H]2CCCC[C@@H]2C)n1. The summed E-state index contributed by atoms with van der Waals surface area (Å²) in [5.41, 5.74) is 0.544. The van der Waals surface area contributed by atoms with Crippen molar-refractivity contribution in [2.45, 2.75) is 56.9 Å². The Balaban J connectivity index is 1.72. The largest absolute Gasteiger partial charge is 0.481 e. The van der Waals surface area contributed by atoms with Crippen molar-refractivity contribution in [3.63, 3.8) is 0 Å². The number of methoxy groups -OCH3 is 2. The van der Waals surface area contributed by atoms with E-state index in [1.807, 2.05) is 10.6 Å². The van der Waals surface area contributed by atoms with Gasteiger partial charge < -0.3 is 9.47 Å². The quantitative estimate of drug-likeness (QED) is 0.430. The average Bonchev–Trinajstić information content (AvgIpc) is 3.28. The van der Waals surface area contributed by atoms with Crippen molar-refractivity contribution < 1.29 is 17.9 Å². The molecule has 0 saturated heterocycles. The highest BCUT2D eigenvalue weighted by atomic mass is 35.5. The van der Waals surface area contributed by atoms with Crippen LogP contribution in [-0.4, -0.2) is 57.6 Å². The highest BCUT2D eigenvalue weighted by Crippen LogP contribution is 2.38. The van der Waals surface area contributed by atoms with Crippen molar-refractivity contribution in [1.82, 2.24) is 29.7 Å². The molecule has 4 rings (SSSR count). The molecule has 11 nitrogen and oxygen atoms in total. The van der Waals surface area contributed by atoms with Crippen molar-refractivity contribution in [2.75, 3.05) is 18.9 Å². The van der Waals surface area contributed by atoms with Gasteiger partial charge in [0.1, 0.15) is 17.0 Å². The molecule has 36 heavy (non-hydrogen) atoms. The minimum Gasteiger partial charge on any atom is -0.481 e. The summed E-state index contributed by atoms with van der Waals surface area (Å²) in [6, 6.07) is 5.35. The van der Waals surface area contributed by atoms with Gasteiger partial charge in [0.15, 0.2) is 11.6 Å². The Morgan fingerprint density at radius 1 is 1.14 bits per heavy atom. The summed E-state index contributed by atoms with van der Waals surface area (Å²) in [5.74, 6) is 1.55. The molecule has 0 unspecified atom stereocenters. The molecule has 0 radical (unpaired) electrons. The van der Waals surface area contributed by atoms with Crippen LogP contribution in [-0.2, 0) is 14.8 Å². The first-order valence-electron chi connectivity index (χ1n) is 11.7. The number of nitrogens with zero attached hydrogens (tertiary/aromatic N) is 6. The van der Waals surface area contributed by atoms with Gasteiger partial charge in [-0.1, -0.05) is 37.4 Å². The molecule has 0 bridgehead atoms. The van der Waals surface area contributed by atoms with Gasteiger partial charge in [-0.3, -0.25) is 9.29 Å². The van der Waals surface area contributed by atoms with E-state index >= 15 is 0 Å². The van der Waals surface area contributed by atoms with Gasteiger partial charge in [0, 0.05) is 31.6 Å². The van der Waals surface area contributed by atoms with Crippen molar-refractivity contribution in [3.8, 4) is 17.4 Å². The summed E-state index contributed by atoms with van der Waals surface area (Å²) >= 11 is 5.88. The maximum atomic E-state index is 13.5. The van der Waals surface area contributed by atoms with Crippen LogP contribution in [0.3, 0.4) is 0 Å². The Bertz CT molecular complexity index is 1290. The topological polar surface area (TPSA) is 134 Å². The third kappa shape index (κ3) is 5.45. The zero-order chi connectivity index (χ0) is 25.9. The lowest BCUT2D eigenvalue weighted by Crippen LogP contribution is -2.34. The van der Waals surface area contributed by atoms with Crippen LogP contribution in [0.15, 0.2) is 30.6 Å². The van der Waals surface area contributed by atoms with E-state index in [-0.39, 0.29) is 17.8 Å². The first kappa shape index (κ1) is 26.2. The molecule has 3 aromatic rings. The van der Waals surface area contributed by atoms with E-state index in [9.17, 15) is 8.42 Å². The van der Waals surface area contributed by atoms with Crippen molar-refractivity contribution in [3.05, 3.63) is 41.4 Å². The van der Waals surface area contributed by atoms with Gasteiger partial charge in [0.25, 0.3) is 0 Å². The second-order valence-corrected chi connectivity index (χ2v) is 11.4. The maximum Gasteiger partial charge on any atom is 0.240 e. The van der Waals surface area contributed by atoms with Crippen molar-refractivity contribution in [2.24, 2.45) is 5.92 Å². The molecule has 0 amide bonds. The molecule has 3 heterocycles. The van der Waals surface area contributed by atoms with Gasteiger partial charge in [-0.05, 0) is 31.7 Å². The Kier molecular flexibility index (Phi) is 8.06. The van der Waals surface area contributed by atoms with Gasteiger partial charge in [0.05, 0.1) is 12.1 Å². The number of anilines is 1. The first-order valence-corrected chi connectivity index (χ1v) is 13.7. The Morgan fingerprint density at radius 3 is 2.53 bits per heavy atom. The molecule has 1 saturated carbocycles. The third-order valence-corrected chi connectivity index (χ3v) is 8.44. The Labute approximate surface area is 215 Å². The first-order chi connectivity index (χ1) is 17.2. The van der Waals surface area contributed by atoms with Crippen LogP contribution in [0, 0.1) is 5.92 Å². The fourth-order valence-corrected chi connectivity index (χ4v) is 5.78. The van der Waals surface area contributed by atoms with Crippen LogP contribution in [0.1, 0.15) is 57.5 Å². The molecule has 1 aliphatic rings. The minimum atomic E-state index is -4.00. The molecule has 1 aliphatic carbocycles. The normalized spacial score (nSPS) is 20.0. The van der Waals surface area contributed by atoms with Gasteiger partial charge in [-0.25, -0.2) is 23.4 Å². The maximum absolute atomic E-state index is 13.5. The highest BCUT2D eigenvalue weighted by Gasteiger charge is 2.36. The number of halogens is 1. The second kappa shape index (κ2) is 11.1. The molecule has 1 fully saturated rings. The van der Waals surface area contributed by atoms with Crippen LogP contribution in [0.5, 0.6) is 5.88 Å².